The van der Waals surface area contributed by atoms with E-state index < -0.39 is 0 Å². The van der Waals surface area contributed by atoms with Crippen molar-refractivity contribution in [3.63, 3.8) is 0 Å². The molecule has 0 bridgehead atoms. The van der Waals surface area contributed by atoms with Gasteiger partial charge in [0.25, 0.3) is 0 Å². The molecule has 0 heterocycles. The zero-order valence-electron chi connectivity index (χ0n) is 8.89. The lowest BCUT2D eigenvalue weighted by atomic mass is 9.96. The summed E-state index contributed by atoms with van der Waals surface area (Å²) >= 11 is 3.37. The summed E-state index contributed by atoms with van der Waals surface area (Å²) in [5, 5.41) is 0. The zero-order chi connectivity index (χ0) is 12.3. The molecule has 0 saturated heterocycles. The van der Waals surface area contributed by atoms with Gasteiger partial charge in [-0.15, -0.1) is 0 Å². The van der Waals surface area contributed by atoms with Gasteiger partial charge in [0.1, 0.15) is 0 Å². The Morgan fingerprint density at radius 1 is 0.824 bits per heavy atom. The lowest BCUT2D eigenvalue weighted by Crippen LogP contribution is -1.92. The predicted octanol–water partition coefficient (Wildman–Crippen LogP) is 3.74. The van der Waals surface area contributed by atoms with Crippen LogP contribution in [0.2, 0.25) is 0 Å². The molecule has 0 N–H and O–H groups in total. The van der Waals surface area contributed by atoms with E-state index in [1.165, 1.54) is 0 Å². The molecule has 0 radical (unpaired) electrons. The number of aldehydes is 2. The van der Waals surface area contributed by atoms with Gasteiger partial charge in [0.05, 0.1) is 0 Å². The summed E-state index contributed by atoms with van der Waals surface area (Å²) in [6.45, 7) is 0. The van der Waals surface area contributed by atoms with Gasteiger partial charge in [0.15, 0.2) is 12.6 Å². The molecule has 0 spiro atoms. The van der Waals surface area contributed by atoms with E-state index in [1.807, 2.05) is 18.2 Å². The molecule has 0 saturated carbocycles. The summed E-state index contributed by atoms with van der Waals surface area (Å²) in [6, 6.07) is 12.6. The van der Waals surface area contributed by atoms with E-state index in [1.54, 1.807) is 24.3 Å². The first-order valence-corrected chi connectivity index (χ1v) is 5.85. The second-order valence-corrected chi connectivity index (χ2v) is 4.47. The van der Waals surface area contributed by atoms with Crippen LogP contribution in [0.3, 0.4) is 0 Å². The normalized spacial score (nSPS) is 9.94. The second-order valence-electron chi connectivity index (χ2n) is 3.55. The highest BCUT2D eigenvalue weighted by Crippen LogP contribution is 2.28. The van der Waals surface area contributed by atoms with Gasteiger partial charge in [-0.1, -0.05) is 40.2 Å². The molecule has 2 nitrogen and oxygen atoms in total. The number of hydrogen-bond donors (Lipinski definition) is 0. The van der Waals surface area contributed by atoms with E-state index in [-0.39, 0.29) is 0 Å². The number of carbonyl (C=O) groups is 2. The van der Waals surface area contributed by atoms with Crippen molar-refractivity contribution in [3.8, 4) is 11.1 Å². The van der Waals surface area contributed by atoms with Crippen molar-refractivity contribution < 1.29 is 9.59 Å². The first kappa shape index (κ1) is 11.7. The Bertz CT molecular complexity index is 576. The smallest absolute Gasteiger partial charge is 0.150 e. The monoisotopic (exact) mass is 288 g/mol. The van der Waals surface area contributed by atoms with Crippen LogP contribution in [-0.2, 0) is 0 Å². The fourth-order valence-corrected chi connectivity index (χ4v) is 2.07. The fraction of sp³-hybridized carbons (Fsp3) is 0. The van der Waals surface area contributed by atoms with Crippen LogP contribution in [0.5, 0.6) is 0 Å². The van der Waals surface area contributed by atoms with E-state index in [9.17, 15) is 9.59 Å². The first-order chi connectivity index (χ1) is 8.26. The Hall–Kier alpha value is -1.74. The largest absolute Gasteiger partial charge is 0.298 e. The summed E-state index contributed by atoms with van der Waals surface area (Å²) in [6.07, 6.45) is 1.59. The van der Waals surface area contributed by atoms with Crippen molar-refractivity contribution in [1.29, 1.82) is 0 Å². The molecule has 2 rings (SSSR count). The Kier molecular flexibility index (Phi) is 3.49. The molecule has 0 aliphatic heterocycles. The molecule has 0 unspecified atom stereocenters. The molecule has 2 aromatic carbocycles. The van der Waals surface area contributed by atoms with E-state index >= 15 is 0 Å². The van der Waals surface area contributed by atoms with Gasteiger partial charge in [-0.05, 0) is 29.3 Å². The third kappa shape index (κ3) is 2.34. The van der Waals surface area contributed by atoms with Crippen molar-refractivity contribution in [1.82, 2.24) is 0 Å². The van der Waals surface area contributed by atoms with Crippen LogP contribution in [0.15, 0.2) is 46.9 Å². The minimum atomic E-state index is 0.572. The lowest BCUT2D eigenvalue weighted by molar-refractivity contribution is 0.111. The number of benzene rings is 2. The maximum Gasteiger partial charge on any atom is 0.150 e. The van der Waals surface area contributed by atoms with Crippen molar-refractivity contribution in [2.24, 2.45) is 0 Å². The van der Waals surface area contributed by atoms with Gasteiger partial charge in [0, 0.05) is 15.6 Å². The Labute approximate surface area is 107 Å². The highest BCUT2D eigenvalue weighted by Gasteiger charge is 2.08. The summed E-state index contributed by atoms with van der Waals surface area (Å²) < 4.78 is 0.874. The summed E-state index contributed by atoms with van der Waals surface area (Å²) in [4.78, 5) is 22.0. The molecule has 0 atom stereocenters. The SMILES string of the molecule is O=Cc1ccccc1-c1cc(Br)ccc1C=O. The molecule has 3 heteroatoms. The van der Waals surface area contributed by atoms with Crippen LogP contribution >= 0.6 is 15.9 Å². The topological polar surface area (TPSA) is 34.1 Å². The van der Waals surface area contributed by atoms with Crippen molar-refractivity contribution in [2.75, 3.05) is 0 Å². The fourth-order valence-electron chi connectivity index (χ4n) is 1.71. The molecule has 17 heavy (non-hydrogen) atoms. The van der Waals surface area contributed by atoms with Gasteiger partial charge in [-0.3, -0.25) is 9.59 Å². The van der Waals surface area contributed by atoms with Gasteiger partial charge in [-0.25, -0.2) is 0 Å². The zero-order valence-corrected chi connectivity index (χ0v) is 10.5. The van der Waals surface area contributed by atoms with Crippen LogP contribution in [0.25, 0.3) is 11.1 Å². The third-order valence-corrected chi connectivity index (χ3v) is 3.01. The summed E-state index contributed by atoms with van der Waals surface area (Å²) in [5.74, 6) is 0. The van der Waals surface area contributed by atoms with Crippen LogP contribution in [-0.4, -0.2) is 12.6 Å². The van der Waals surface area contributed by atoms with Crippen molar-refractivity contribution >= 4 is 28.5 Å². The van der Waals surface area contributed by atoms with E-state index in [2.05, 4.69) is 15.9 Å². The molecule has 0 aromatic heterocycles. The third-order valence-electron chi connectivity index (χ3n) is 2.52. The van der Waals surface area contributed by atoms with Crippen molar-refractivity contribution in [2.45, 2.75) is 0 Å². The number of hydrogen-bond acceptors (Lipinski definition) is 2. The predicted molar refractivity (Wildman–Crippen MR) is 70.4 cm³/mol. The van der Waals surface area contributed by atoms with Crippen LogP contribution in [0.4, 0.5) is 0 Å². The Morgan fingerprint density at radius 2 is 1.47 bits per heavy atom. The van der Waals surface area contributed by atoms with Crippen molar-refractivity contribution in [3.05, 3.63) is 58.1 Å². The number of carbonyl (C=O) groups excluding carboxylic acids is 2. The standard InChI is InChI=1S/C14H9BrO2/c15-12-6-5-11(9-17)14(7-12)13-4-2-1-3-10(13)8-16/h1-9H. The molecule has 2 aromatic rings. The molecule has 0 amide bonds. The highest BCUT2D eigenvalue weighted by atomic mass is 79.9. The van der Waals surface area contributed by atoms with E-state index in [0.717, 1.165) is 28.2 Å². The van der Waals surface area contributed by atoms with Crippen LogP contribution in [0.1, 0.15) is 20.7 Å². The summed E-state index contributed by atoms with van der Waals surface area (Å²) in [5.41, 5.74) is 2.68. The highest BCUT2D eigenvalue weighted by molar-refractivity contribution is 9.10. The maximum absolute atomic E-state index is 11.0. The summed E-state index contributed by atoms with van der Waals surface area (Å²) in [7, 11) is 0. The average molecular weight is 289 g/mol. The first-order valence-electron chi connectivity index (χ1n) is 5.05. The van der Waals surface area contributed by atoms with Gasteiger partial charge in [0.2, 0.25) is 0 Å². The quantitative estimate of drug-likeness (QED) is 0.807. The van der Waals surface area contributed by atoms with E-state index in [4.69, 9.17) is 0 Å². The molecule has 0 aliphatic rings. The van der Waals surface area contributed by atoms with Gasteiger partial charge in [-0.2, -0.15) is 0 Å². The van der Waals surface area contributed by atoms with Crippen LogP contribution in [0, 0.1) is 0 Å². The number of rotatable bonds is 3. The molecule has 0 aliphatic carbocycles. The molecule has 0 fully saturated rings. The minimum absolute atomic E-state index is 0.572. The van der Waals surface area contributed by atoms with Crippen LogP contribution < -0.4 is 0 Å². The molecular weight excluding hydrogens is 280 g/mol. The van der Waals surface area contributed by atoms with E-state index in [0.29, 0.717) is 11.1 Å². The Balaban J connectivity index is 2.70. The number of halogens is 1. The van der Waals surface area contributed by atoms with Gasteiger partial charge < -0.3 is 0 Å². The Morgan fingerprint density at radius 3 is 2.18 bits per heavy atom. The lowest BCUT2D eigenvalue weighted by Gasteiger charge is -2.08. The average Bonchev–Trinajstić information content (AvgIpc) is 2.38. The molecule has 84 valence electrons. The maximum atomic E-state index is 11.0. The second kappa shape index (κ2) is 5.06. The minimum Gasteiger partial charge on any atom is -0.298 e. The molecular formula is C14H9BrO2. The van der Waals surface area contributed by atoms with Gasteiger partial charge >= 0.3 is 0 Å².